The van der Waals surface area contributed by atoms with Gasteiger partial charge in [0.1, 0.15) is 12.1 Å². The van der Waals surface area contributed by atoms with Crippen molar-refractivity contribution in [2.45, 2.75) is 13.1 Å². The van der Waals surface area contributed by atoms with Crippen molar-refractivity contribution in [3.05, 3.63) is 52.5 Å². The van der Waals surface area contributed by atoms with Gasteiger partial charge in [-0.25, -0.2) is 9.97 Å². The molecule has 0 fully saturated rings. The molecule has 1 heterocycles. The third-order valence-electron chi connectivity index (χ3n) is 2.31. The summed E-state index contributed by atoms with van der Waals surface area (Å²) in [5, 5.41) is 12.9. The van der Waals surface area contributed by atoms with Crippen molar-refractivity contribution < 1.29 is 5.11 Å². The molecular weight excluding hydrogens is 282 g/mol. The minimum atomic E-state index is 0.295. The van der Waals surface area contributed by atoms with Crippen molar-refractivity contribution in [1.82, 2.24) is 15.3 Å². The van der Waals surface area contributed by atoms with Crippen molar-refractivity contribution in [2.24, 2.45) is 0 Å². The smallest absolute Gasteiger partial charge is 0.120 e. The molecule has 0 saturated heterocycles. The van der Waals surface area contributed by atoms with Crippen LogP contribution in [0.25, 0.3) is 0 Å². The summed E-state index contributed by atoms with van der Waals surface area (Å²) in [5.74, 6) is 0.295. The van der Waals surface area contributed by atoms with Gasteiger partial charge in [0.2, 0.25) is 0 Å². The molecule has 0 unspecified atom stereocenters. The van der Waals surface area contributed by atoms with E-state index in [2.05, 4.69) is 31.2 Å². The first-order chi connectivity index (χ1) is 8.25. The normalized spacial score (nSPS) is 10.4. The van der Waals surface area contributed by atoms with Crippen molar-refractivity contribution in [2.75, 3.05) is 0 Å². The number of hydrogen-bond donors (Lipinski definition) is 2. The van der Waals surface area contributed by atoms with Crippen LogP contribution >= 0.6 is 15.9 Å². The summed E-state index contributed by atoms with van der Waals surface area (Å²) >= 11 is 3.37. The second-order valence-corrected chi connectivity index (χ2v) is 4.49. The Bertz CT molecular complexity index is 490. The molecule has 2 N–H and O–H groups in total. The molecule has 0 radical (unpaired) electrons. The largest absolute Gasteiger partial charge is 0.508 e. The highest BCUT2D eigenvalue weighted by atomic mass is 79.9. The quantitative estimate of drug-likeness (QED) is 0.908. The van der Waals surface area contributed by atoms with Gasteiger partial charge in [-0.3, -0.25) is 0 Å². The van der Waals surface area contributed by atoms with Gasteiger partial charge in [0.05, 0.1) is 5.69 Å². The summed E-state index contributed by atoms with van der Waals surface area (Å²) in [7, 11) is 0. The van der Waals surface area contributed by atoms with Crippen LogP contribution in [0.3, 0.4) is 0 Å². The molecule has 0 bridgehead atoms. The first-order valence-electron chi connectivity index (χ1n) is 5.19. The van der Waals surface area contributed by atoms with Gasteiger partial charge < -0.3 is 10.4 Å². The molecule has 0 atom stereocenters. The highest BCUT2D eigenvalue weighted by Crippen LogP contribution is 2.21. The van der Waals surface area contributed by atoms with Gasteiger partial charge in [-0.15, -0.1) is 0 Å². The lowest BCUT2D eigenvalue weighted by atomic mass is 10.2. The summed E-state index contributed by atoms with van der Waals surface area (Å²) in [6.45, 7) is 1.24. The van der Waals surface area contributed by atoms with Crippen molar-refractivity contribution in [3.8, 4) is 5.75 Å². The molecule has 0 spiro atoms. The first-order valence-corrected chi connectivity index (χ1v) is 5.98. The topological polar surface area (TPSA) is 58.0 Å². The maximum atomic E-state index is 9.65. The predicted molar refractivity (Wildman–Crippen MR) is 68.4 cm³/mol. The van der Waals surface area contributed by atoms with Gasteiger partial charge in [-0.1, -0.05) is 15.9 Å². The molecule has 0 aliphatic heterocycles. The molecule has 0 aliphatic rings. The SMILES string of the molecule is Oc1ccc(Br)cc1CNCc1ccncn1. The number of phenols is 1. The summed E-state index contributed by atoms with van der Waals surface area (Å²) < 4.78 is 0.953. The van der Waals surface area contributed by atoms with Crippen LogP contribution in [0.4, 0.5) is 0 Å². The Morgan fingerprint density at radius 2 is 2.12 bits per heavy atom. The number of nitrogens with zero attached hydrogens (tertiary/aromatic N) is 2. The Hall–Kier alpha value is -1.46. The predicted octanol–water partition coefficient (Wildman–Crippen LogP) is 2.23. The molecule has 0 saturated carbocycles. The highest BCUT2D eigenvalue weighted by molar-refractivity contribution is 9.10. The van der Waals surface area contributed by atoms with E-state index in [4.69, 9.17) is 0 Å². The number of aromatic nitrogens is 2. The summed E-state index contributed by atoms with van der Waals surface area (Å²) in [6, 6.07) is 7.23. The first kappa shape index (κ1) is 12.0. The fraction of sp³-hybridized carbons (Fsp3) is 0.167. The lowest BCUT2D eigenvalue weighted by Gasteiger charge is -2.06. The molecule has 4 nitrogen and oxygen atoms in total. The van der Waals surface area contributed by atoms with E-state index in [0.29, 0.717) is 18.8 Å². The zero-order chi connectivity index (χ0) is 12.1. The van der Waals surface area contributed by atoms with E-state index < -0.39 is 0 Å². The molecule has 1 aromatic heterocycles. The van der Waals surface area contributed by atoms with Gasteiger partial charge in [0, 0.05) is 29.3 Å². The van der Waals surface area contributed by atoms with Crippen LogP contribution in [0.1, 0.15) is 11.3 Å². The molecule has 88 valence electrons. The lowest BCUT2D eigenvalue weighted by Crippen LogP contribution is -2.13. The number of halogens is 1. The second-order valence-electron chi connectivity index (χ2n) is 3.58. The number of rotatable bonds is 4. The van der Waals surface area contributed by atoms with Crippen LogP contribution in [-0.2, 0) is 13.1 Å². The average Bonchev–Trinajstić information content (AvgIpc) is 2.35. The monoisotopic (exact) mass is 293 g/mol. The van der Waals surface area contributed by atoms with Gasteiger partial charge in [0.15, 0.2) is 0 Å². The summed E-state index contributed by atoms with van der Waals surface area (Å²) in [4.78, 5) is 7.96. The van der Waals surface area contributed by atoms with Crippen molar-refractivity contribution in [1.29, 1.82) is 0 Å². The van der Waals surface area contributed by atoms with E-state index in [-0.39, 0.29) is 0 Å². The fourth-order valence-corrected chi connectivity index (χ4v) is 1.85. The van der Waals surface area contributed by atoms with E-state index in [0.717, 1.165) is 15.7 Å². The Morgan fingerprint density at radius 3 is 2.88 bits per heavy atom. The molecule has 1 aromatic carbocycles. The number of phenolic OH excluding ortho intramolecular Hbond substituents is 1. The highest BCUT2D eigenvalue weighted by Gasteiger charge is 2.01. The van der Waals surface area contributed by atoms with E-state index in [9.17, 15) is 5.11 Å². The Labute approximate surface area is 108 Å². The molecule has 2 aromatic rings. The average molecular weight is 294 g/mol. The van der Waals surface area contributed by atoms with E-state index >= 15 is 0 Å². The van der Waals surface area contributed by atoms with Gasteiger partial charge >= 0.3 is 0 Å². The van der Waals surface area contributed by atoms with Crippen LogP contribution in [0.2, 0.25) is 0 Å². The molecule has 0 aliphatic carbocycles. The third-order valence-corrected chi connectivity index (χ3v) is 2.80. The zero-order valence-electron chi connectivity index (χ0n) is 9.10. The van der Waals surface area contributed by atoms with Crippen LogP contribution in [0.5, 0.6) is 5.75 Å². The fourth-order valence-electron chi connectivity index (χ4n) is 1.44. The lowest BCUT2D eigenvalue weighted by molar-refractivity contribution is 0.464. The van der Waals surface area contributed by atoms with Crippen molar-refractivity contribution >= 4 is 15.9 Å². The van der Waals surface area contributed by atoms with Crippen LogP contribution < -0.4 is 5.32 Å². The summed E-state index contributed by atoms with van der Waals surface area (Å²) in [6.07, 6.45) is 3.23. The number of hydrogen-bond acceptors (Lipinski definition) is 4. The number of benzene rings is 1. The molecule has 5 heteroatoms. The molecule has 2 rings (SSSR count). The van der Waals surface area contributed by atoms with E-state index in [1.165, 1.54) is 6.33 Å². The van der Waals surface area contributed by atoms with Crippen LogP contribution in [0.15, 0.2) is 41.3 Å². The number of aromatic hydroxyl groups is 1. The maximum Gasteiger partial charge on any atom is 0.120 e. The van der Waals surface area contributed by atoms with E-state index in [1.54, 1.807) is 12.3 Å². The zero-order valence-corrected chi connectivity index (χ0v) is 10.7. The van der Waals surface area contributed by atoms with E-state index in [1.807, 2.05) is 18.2 Å². The van der Waals surface area contributed by atoms with Crippen molar-refractivity contribution in [3.63, 3.8) is 0 Å². The Morgan fingerprint density at radius 1 is 1.24 bits per heavy atom. The second kappa shape index (κ2) is 5.75. The van der Waals surface area contributed by atoms with Crippen LogP contribution in [0, 0.1) is 0 Å². The number of nitrogens with one attached hydrogen (secondary N) is 1. The minimum Gasteiger partial charge on any atom is -0.508 e. The van der Waals surface area contributed by atoms with Crippen LogP contribution in [-0.4, -0.2) is 15.1 Å². The molecular formula is C12H12BrN3O. The Balaban J connectivity index is 1.92. The molecule has 17 heavy (non-hydrogen) atoms. The van der Waals surface area contributed by atoms with Gasteiger partial charge in [-0.05, 0) is 24.3 Å². The van der Waals surface area contributed by atoms with Gasteiger partial charge in [0.25, 0.3) is 0 Å². The Kier molecular flexibility index (Phi) is 4.06. The third kappa shape index (κ3) is 3.51. The maximum absolute atomic E-state index is 9.65. The summed E-state index contributed by atoms with van der Waals surface area (Å²) in [5.41, 5.74) is 1.78. The minimum absolute atomic E-state index is 0.295. The standard InChI is InChI=1S/C12H12BrN3O/c13-10-1-2-12(17)9(5-10)6-15-7-11-3-4-14-8-16-11/h1-5,8,15,17H,6-7H2. The molecule has 0 amide bonds. The van der Waals surface area contributed by atoms with Gasteiger partial charge in [-0.2, -0.15) is 0 Å².